The summed E-state index contributed by atoms with van der Waals surface area (Å²) in [5, 5.41) is 9.11. The van der Waals surface area contributed by atoms with E-state index in [4.69, 9.17) is 5.11 Å². The molecule has 0 spiro atoms. The Hall–Kier alpha value is 0.254. The maximum absolute atomic E-state index is 11.1. The summed E-state index contributed by atoms with van der Waals surface area (Å²) < 4.78 is 0. The van der Waals surface area contributed by atoms with Gasteiger partial charge in [0.15, 0.2) is 0 Å². The fourth-order valence-corrected chi connectivity index (χ4v) is 12.7. The van der Waals surface area contributed by atoms with Crippen LogP contribution in [-0.4, -0.2) is 31.2 Å². The van der Waals surface area contributed by atoms with E-state index >= 15 is 0 Å². The maximum atomic E-state index is 11.1. The molecular weight excluding hydrogens is 216 g/mol. The molecule has 0 radical (unpaired) electrons. The Morgan fingerprint density at radius 3 is 1.62 bits per heavy atom. The monoisotopic (exact) mass is 236 g/mol. The summed E-state index contributed by atoms with van der Waals surface area (Å²) in [5.74, 6) is -0.619. The highest BCUT2D eigenvalue weighted by atomic mass is 32.4. The number of carbonyl (C=O) groups is 1. The van der Waals surface area contributed by atoms with Crippen LogP contribution in [0.15, 0.2) is 0 Å². The number of carboxylic acids is 1. The smallest absolute Gasteiger partial charge is 0.313 e. The summed E-state index contributed by atoms with van der Waals surface area (Å²) >= 11 is 1.72. The van der Waals surface area contributed by atoms with E-state index in [1.807, 2.05) is 0 Å². The van der Waals surface area contributed by atoms with Crippen molar-refractivity contribution in [3.8, 4) is 0 Å². The summed E-state index contributed by atoms with van der Waals surface area (Å²) in [6.45, 7) is 13.0. The van der Waals surface area contributed by atoms with Crippen LogP contribution >= 0.6 is 11.2 Å². The fraction of sp³-hybridized carbons (Fsp3) is 0.875. The topological polar surface area (TPSA) is 37.3 Å². The van der Waals surface area contributed by atoms with Gasteiger partial charge in [-0.05, 0) is 0 Å². The van der Waals surface area contributed by atoms with Crippen molar-refractivity contribution in [2.24, 2.45) is 0 Å². The number of hydrogen-bond acceptors (Lipinski definition) is 2. The standard InChI is InChI=1S/C8H20O2SSi2/c1-12(2,3)8(7(9)10)11-13(4,5)6/h8H,1-6H3,(H,9,10). The van der Waals surface area contributed by atoms with Crippen molar-refractivity contribution < 1.29 is 9.90 Å². The highest BCUT2D eigenvalue weighted by molar-refractivity contribution is 8.30. The molecule has 0 fully saturated rings. The van der Waals surface area contributed by atoms with Crippen molar-refractivity contribution in [2.75, 3.05) is 0 Å². The second-order valence-electron chi connectivity index (χ2n) is 5.31. The first-order valence-electron chi connectivity index (χ1n) is 4.44. The molecular formula is C8H20O2SSi2. The van der Waals surface area contributed by atoms with Gasteiger partial charge in [0.2, 0.25) is 0 Å². The zero-order valence-electron chi connectivity index (χ0n) is 9.34. The van der Waals surface area contributed by atoms with Gasteiger partial charge in [0, 0.05) is 0 Å². The van der Waals surface area contributed by atoms with Crippen molar-refractivity contribution in [1.82, 2.24) is 0 Å². The first-order chi connectivity index (χ1) is 5.54. The molecule has 78 valence electrons. The molecule has 2 nitrogen and oxygen atoms in total. The molecule has 0 aliphatic carbocycles. The molecule has 0 saturated carbocycles. The summed E-state index contributed by atoms with van der Waals surface area (Å²) in [6.07, 6.45) is 0. The SMILES string of the molecule is C[Si](C)(C)SC(C(=O)O)[Si](C)(C)C. The molecule has 0 aliphatic rings. The molecule has 0 aromatic heterocycles. The van der Waals surface area contributed by atoms with Crippen molar-refractivity contribution >= 4 is 32.5 Å². The van der Waals surface area contributed by atoms with Gasteiger partial charge in [-0.3, -0.25) is 4.79 Å². The molecule has 0 heterocycles. The van der Waals surface area contributed by atoms with E-state index in [2.05, 4.69) is 39.3 Å². The molecule has 1 N–H and O–H groups in total. The maximum Gasteiger partial charge on any atom is 0.313 e. The Morgan fingerprint density at radius 2 is 1.54 bits per heavy atom. The largest absolute Gasteiger partial charge is 0.481 e. The third-order valence-corrected chi connectivity index (χ3v) is 10.5. The Bertz CT molecular complexity index is 193. The van der Waals surface area contributed by atoms with Gasteiger partial charge in [0.1, 0.15) is 7.22 Å². The van der Waals surface area contributed by atoms with Gasteiger partial charge in [-0.1, -0.05) is 39.3 Å². The van der Waals surface area contributed by atoms with Crippen molar-refractivity contribution in [3.05, 3.63) is 0 Å². The normalized spacial score (nSPS) is 15.5. The van der Waals surface area contributed by atoms with Gasteiger partial charge in [-0.15, -0.1) is 0 Å². The van der Waals surface area contributed by atoms with Gasteiger partial charge in [0.25, 0.3) is 0 Å². The summed E-state index contributed by atoms with van der Waals surface area (Å²) in [6, 6.07) is 0. The molecule has 0 aliphatic heterocycles. The van der Waals surface area contributed by atoms with Crippen LogP contribution in [0.1, 0.15) is 0 Å². The molecule has 5 heteroatoms. The van der Waals surface area contributed by atoms with Gasteiger partial charge in [-0.25, -0.2) is 0 Å². The lowest BCUT2D eigenvalue weighted by Gasteiger charge is -2.29. The van der Waals surface area contributed by atoms with Crippen molar-refractivity contribution in [1.29, 1.82) is 0 Å². The first-order valence-corrected chi connectivity index (χ1v) is 13.1. The van der Waals surface area contributed by atoms with Crippen molar-refractivity contribution in [2.45, 2.75) is 44.2 Å². The van der Waals surface area contributed by atoms with Crippen LogP contribution in [-0.2, 0) is 4.79 Å². The highest BCUT2D eigenvalue weighted by Crippen LogP contribution is 2.30. The predicted molar refractivity (Wildman–Crippen MR) is 65.7 cm³/mol. The highest BCUT2D eigenvalue weighted by Gasteiger charge is 2.36. The molecule has 0 amide bonds. The van der Waals surface area contributed by atoms with E-state index in [1.165, 1.54) is 0 Å². The predicted octanol–water partition coefficient (Wildman–Crippen LogP) is 2.89. The number of rotatable bonds is 4. The fourth-order valence-electron chi connectivity index (χ4n) is 0.951. The minimum Gasteiger partial charge on any atom is -0.481 e. The number of aliphatic carboxylic acids is 1. The molecule has 1 atom stereocenters. The second-order valence-corrected chi connectivity index (χ2v) is 20.4. The van der Waals surface area contributed by atoms with Crippen LogP contribution in [0.3, 0.4) is 0 Å². The average molecular weight is 236 g/mol. The Kier molecular flexibility index (Phi) is 4.27. The van der Waals surface area contributed by atoms with Crippen LogP contribution in [0, 0.1) is 0 Å². The van der Waals surface area contributed by atoms with Crippen LogP contribution < -0.4 is 0 Å². The van der Waals surface area contributed by atoms with Gasteiger partial charge < -0.3 is 5.11 Å². The lowest BCUT2D eigenvalue weighted by molar-refractivity contribution is -0.135. The van der Waals surface area contributed by atoms with E-state index in [0.29, 0.717) is 0 Å². The van der Waals surface area contributed by atoms with E-state index in [9.17, 15) is 4.79 Å². The molecule has 0 bridgehead atoms. The Morgan fingerprint density at radius 1 is 1.15 bits per heavy atom. The van der Waals surface area contributed by atoms with Gasteiger partial charge in [0.05, 0.1) is 12.9 Å². The average Bonchev–Trinajstić information content (AvgIpc) is 1.77. The summed E-state index contributed by atoms with van der Waals surface area (Å²) in [5.41, 5.74) is 0. The number of carboxylic acid groups (broad SMARTS) is 1. The Balaban J connectivity index is 4.56. The summed E-state index contributed by atoms with van der Waals surface area (Å²) in [7, 11) is -2.88. The van der Waals surface area contributed by atoms with Crippen LogP contribution in [0.5, 0.6) is 0 Å². The minimum absolute atomic E-state index is 0.140. The van der Waals surface area contributed by atoms with E-state index in [-0.39, 0.29) is 4.87 Å². The zero-order valence-corrected chi connectivity index (χ0v) is 12.2. The van der Waals surface area contributed by atoms with E-state index in [0.717, 1.165) is 0 Å². The minimum atomic E-state index is -1.56. The third-order valence-electron chi connectivity index (χ3n) is 1.48. The van der Waals surface area contributed by atoms with Crippen molar-refractivity contribution in [3.63, 3.8) is 0 Å². The van der Waals surface area contributed by atoms with E-state index in [1.54, 1.807) is 11.2 Å². The lowest BCUT2D eigenvalue weighted by Crippen LogP contribution is -2.44. The molecule has 13 heavy (non-hydrogen) atoms. The van der Waals surface area contributed by atoms with Gasteiger partial charge in [-0.2, -0.15) is 11.2 Å². The van der Waals surface area contributed by atoms with Crippen LogP contribution in [0.4, 0.5) is 0 Å². The quantitative estimate of drug-likeness (QED) is 0.763. The van der Waals surface area contributed by atoms with Crippen LogP contribution in [0.2, 0.25) is 39.3 Å². The third kappa shape index (κ3) is 5.54. The molecule has 0 rings (SSSR count). The molecule has 0 aromatic rings. The Labute approximate surface area is 86.8 Å². The first kappa shape index (κ1) is 13.3. The summed E-state index contributed by atoms with van der Waals surface area (Å²) in [4.78, 5) is 10.9. The van der Waals surface area contributed by atoms with E-state index < -0.39 is 21.3 Å². The zero-order chi connectivity index (χ0) is 10.9. The van der Waals surface area contributed by atoms with Gasteiger partial charge >= 0.3 is 5.97 Å². The molecule has 0 aromatic carbocycles. The number of hydrogen-bond donors (Lipinski definition) is 1. The van der Waals surface area contributed by atoms with Crippen LogP contribution in [0.25, 0.3) is 0 Å². The second kappa shape index (κ2) is 4.19. The lowest BCUT2D eigenvalue weighted by atomic mass is 10.8. The molecule has 0 saturated heterocycles. The molecule has 1 unspecified atom stereocenters.